The summed E-state index contributed by atoms with van der Waals surface area (Å²) in [6, 6.07) is 11.4. The van der Waals surface area contributed by atoms with Gasteiger partial charge in [-0.25, -0.2) is 0 Å². The van der Waals surface area contributed by atoms with Gasteiger partial charge in [0.25, 0.3) is 0 Å². The van der Waals surface area contributed by atoms with Gasteiger partial charge in [0.2, 0.25) is 5.91 Å². The maximum Gasteiger partial charge on any atom is 0.220 e. The maximum atomic E-state index is 11.9. The highest BCUT2D eigenvalue weighted by molar-refractivity contribution is 6.36. The van der Waals surface area contributed by atoms with E-state index in [0.29, 0.717) is 36.0 Å². The number of halogens is 2. The summed E-state index contributed by atoms with van der Waals surface area (Å²) in [5, 5.41) is 4.02. The van der Waals surface area contributed by atoms with E-state index in [1.54, 1.807) is 18.2 Å². The lowest BCUT2D eigenvalue weighted by Gasteiger charge is -2.10. The normalized spacial score (nSPS) is 10.5. The molecule has 2 aromatic carbocycles. The molecule has 24 heavy (non-hydrogen) atoms. The van der Waals surface area contributed by atoms with Crippen molar-refractivity contribution in [1.82, 2.24) is 5.32 Å². The van der Waals surface area contributed by atoms with Crippen LogP contribution in [0.1, 0.15) is 23.1 Å². The second kappa shape index (κ2) is 8.95. The molecule has 0 spiro atoms. The topological polar surface area (TPSA) is 38.3 Å². The van der Waals surface area contributed by atoms with Crippen LogP contribution in [0.5, 0.6) is 5.75 Å². The zero-order valence-corrected chi connectivity index (χ0v) is 15.4. The number of aryl methyl sites for hydroxylation is 2. The Labute approximate surface area is 152 Å². The Hall–Kier alpha value is -1.71. The zero-order chi connectivity index (χ0) is 17.5. The number of carbonyl (C=O) groups is 1. The minimum absolute atomic E-state index is 0.0463. The summed E-state index contributed by atoms with van der Waals surface area (Å²) in [6.45, 7) is 4.95. The third-order valence-electron chi connectivity index (χ3n) is 3.55. The van der Waals surface area contributed by atoms with Crippen LogP contribution in [-0.4, -0.2) is 19.1 Å². The standard InChI is InChI=1S/C19H21Cl2NO2/c1-13-10-14(2)12-15(11-13)24-9-8-22-19(23)7-6-16-17(20)4-3-5-18(16)21/h3-5,10-12H,6-9H2,1-2H3,(H,22,23). The number of carbonyl (C=O) groups excluding carboxylic acids is 1. The van der Waals surface area contributed by atoms with E-state index in [2.05, 4.69) is 11.4 Å². The molecule has 0 unspecified atom stereocenters. The lowest BCUT2D eigenvalue weighted by Crippen LogP contribution is -2.28. The lowest BCUT2D eigenvalue weighted by molar-refractivity contribution is -0.121. The van der Waals surface area contributed by atoms with E-state index in [-0.39, 0.29) is 5.91 Å². The first-order valence-electron chi connectivity index (χ1n) is 7.86. The molecule has 1 N–H and O–H groups in total. The summed E-state index contributed by atoms with van der Waals surface area (Å²) in [5.74, 6) is 0.777. The Kier molecular flexibility index (Phi) is 6.95. The summed E-state index contributed by atoms with van der Waals surface area (Å²) in [5.41, 5.74) is 3.12. The molecule has 0 aliphatic rings. The molecule has 0 aliphatic carbocycles. The molecule has 0 radical (unpaired) electrons. The lowest BCUT2D eigenvalue weighted by atomic mass is 10.1. The number of hydrogen-bond acceptors (Lipinski definition) is 2. The molecule has 0 bridgehead atoms. The Balaban J connectivity index is 1.72. The van der Waals surface area contributed by atoms with E-state index in [9.17, 15) is 4.79 Å². The van der Waals surface area contributed by atoms with Gasteiger partial charge in [-0.1, -0.05) is 35.3 Å². The summed E-state index contributed by atoms with van der Waals surface area (Å²) in [6.07, 6.45) is 0.856. The SMILES string of the molecule is Cc1cc(C)cc(OCCNC(=O)CCc2c(Cl)cccc2Cl)c1. The van der Waals surface area contributed by atoms with Crippen LogP contribution in [0.4, 0.5) is 0 Å². The van der Waals surface area contributed by atoms with E-state index < -0.39 is 0 Å². The van der Waals surface area contributed by atoms with Crippen molar-refractivity contribution in [3.8, 4) is 5.75 Å². The van der Waals surface area contributed by atoms with E-state index in [0.717, 1.165) is 22.4 Å². The Morgan fingerprint density at radius 1 is 1.08 bits per heavy atom. The molecule has 0 aliphatic heterocycles. The van der Waals surface area contributed by atoms with Crippen molar-refractivity contribution in [2.45, 2.75) is 26.7 Å². The van der Waals surface area contributed by atoms with Gasteiger partial charge in [0, 0.05) is 16.5 Å². The molecule has 3 nitrogen and oxygen atoms in total. The van der Waals surface area contributed by atoms with Crippen LogP contribution >= 0.6 is 23.2 Å². The molecule has 0 saturated heterocycles. The second-order valence-corrected chi connectivity index (χ2v) is 6.54. The number of nitrogens with one attached hydrogen (secondary N) is 1. The molecular weight excluding hydrogens is 345 g/mol. The average molecular weight is 366 g/mol. The van der Waals surface area contributed by atoms with Gasteiger partial charge in [0.05, 0.1) is 6.54 Å². The second-order valence-electron chi connectivity index (χ2n) is 5.72. The molecule has 0 saturated carbocycles. The van der Waals surface area contributed by atoms with Crippen LogP contribution in [-0.2, 0) is 11.2 Å². The van der Waals surface area contributed by atoms with E-state index >= 15 is 0 Å². The van der Waals surface area contributed by atoms with Crippen LogP contribution in [0, 0.1) is 13.8 Å². The molecule has 0 aromatic heterocycles. The Bertz CT molecular complexity index is 676. The van der Waals surface area contributed by atoms with E-state index in [1.165, 1.54) is 0 Å². The molecule has 2 rings (SSSR count). The first kappa shape index (κ1) is 18.6. The maximum absolute atomic E-state index is 11.9. The van der Waals surface area contributed by atoms with Gasteiger partial charge in [-0.15, -0.1) is 0 Å². The largest absolute Gasteiger partial charge is 0.492 e. The van der Waals surface area contributed by atoms with Gasteiger partial charge < -0.3 is 10.1 Å². The first-order valence-corrected chi connectivity index (χ1v) is 8.62. The van der Waals surface area contributed by atoms with Crippen molar-refractivity contribution in [1.29, 1.82) is 0 Å². The fourth-order valence-electron chi connectivity index (χ4n) is 2.47. The number of rotatable bonds is 7. The molecule has 128 valence electrons. The van der Waals surface area contributed by atoms with Crippen molar-refractivity contribution < 1.29 is 9.53 Å². The van der Waals surface area contributed by atoms with Gasteiger partial charge in [0.15, 0.2) is 0 Å². The highest BCUT2D eigenvalue weighted by Gasteiger charge is 2.08. The van der Waals surface area contributed by atoms with E-state index in [1.807, 2.05) is 26.0 Å². The highest BCUT2D eigenvalue weighted by atomic mass is 35.5. The molecule has 0 fully saturated rings. The zero-order valence-electron chi connectivity index (χ0n) is 13.9. The van der Waals surface area contributed by atoms with Crippen molar-refractivity contribution in [3.05, 3.63) is 63.1 Å². The number of benzene rings is 2. The quantitative estimate of drug-likeness (QED) is 0.719. The fourth-order valence-corrected chi connectivity index (χ4v) is 3.06. The molecule has 1 amide bonds. The summed E-state index contributed by atoms with van der Waals surface area (Å²) >= 11 is 12.2. The average Bonchev–Trinajstić information content (AvgIpc) is 2.50. The fraction of sp³-hybridized carbons (Fsp3) is 0.316. The summed E-state index contributed by atoms with van der Waals surface area (Å²) in [7, 11) is 0. The summed E-state index contributed by atoms with van der Waals surface area (Å²) in [4.78, 5) is 11.9. The third kappa shape index (κ3) is 5.73. The molecular formula is C19H21Cl2NO2. The van der Waals surface area contributed by atoms with Gasteiger partial charge in [-0.05, 0) is 61.2 Å². The van der Waals surface area contributed by atoms with Gasteiger partial charge >= 0.3 is 0 Å². The monoisotopic (exact) mass is 365 g/mol. The van der Waals surface area contributed by atoms with Gasteiger partial charge in [-0.2, -0.15) is 0 Å². The number of ether oxygens (including phenoxy) is 1. The van der Waals surface area contributed by atoms with E-state index in [4.69, 9.17) is 27.9 Å². The smallest absolute Gasteiger partial charge is 0.220 e. The molecule has 5 heteroatoms. The van der Waals surface area contributed by atoms with Crippen LogP contribution in [0.3, 0.4) is 0 Å². The highest BCUT2D eigenvalue weighted by Crippen LogP contribution is 2.25. The van der Waals surface area contributed by atoms with Gasteiger partial charge in [-0.3, -0.25) is 4.79 Å². The molecule has 2 aromatic rings. The summed E-state index contributed by atoms with van der Waals surface area (Å²) < 4.78 is 5.66. The van der Waals surface area contributed by atoms with Crippen molar-refractivity contribution >= 4 is 29.1 Å². The van der Waals surface area contributed by atoms with Crippen LogP contribution < -0.4 is 10.1 Å². The van der Waals surface area contributed by atoms with Crippen LogP contribution in [0.25, 0.3) is 0 Å². The van der Waals surface area contributed by atoms with Crippen LogP contribution in [0.15, 0.2) is 36.4 Å². The third-order valence-corrected chi connectivity index (χ3v) is 4.26. The Morgan fingerprint density at radius 3 is 2.33 bits per heavy atom. The van der Waals surface area contributed by atoms with Crippen molar-refractivity contribution in [2.75, 3.05) is 13.2 Å². The molecule has 0 atom stereocenters. The minimum atomic E-state index is -0.0463. The predicted molar refractivity (Wildman–Crippen MR) is 99.2 cm³/mol. The molecule has 0 heterocycles. The predicted octanol–water partition coefficient (Wildman–Crippen LogP) is 4.74. The van der Waals surface area contributed by atoms with Gasteiger partial charge in [0.1, 0.15) is 12.4 Å². The first-order chi connectivity index (χ1) is 11.5. The Morgan fingerprint density at radius 2 is 1.71 bits per heavy atom. The number of hydrogen-bond donors (Lipinski definition) is 1. The number of amides is 1. The minimum Gasteiger partial charge on any atom is -0.492 e. The van der Waals surface area contributed by atoms with Crippen LogP contribution in [0.2, 0.25) is 10.0 Å². The van der Waals surface area contributed by atoms with Crippen molar-refractivity contribution in [3.63, 3.8) is 0 Å². The van der Waals surface area contributed by atoms with Crippen molar-refractivity contribution in [2.24, 2.45) is 0 Å².